The molecule has 0 spiro atoms. The van der Waals surface area contributed by atoms with E-state index in [9.17, 15) is 18.0 Å². The Balaban J connectivity index is 2.74. The lowest BCUT2D eigenvalue weighted by atomic mass is 10.0. The predicted octanol–water partition coefficient (Wildman–Crippen LogP) is 1.93. The third kappa shape index (κ3) is 7.86. The molecule has 0 saturated carbocycles. The molecule has 0 bridgehead atoms. The summed E-state index contributed by atoms with van der Waals surface area (Å²) >= 11 is 0. The summed E-state index contributed by atoms with van der Waals surface area (Å²) in [7, 11) is -1.65. The van der Waals surface area contributed by atoms with E-state index in [0.717, 1.165) is 5.56 Å². The van der Waals surface area contributed by atoms with Crippen molar-refractivity contribution >= 4 is 21.8 Å². The maximum Gasteiger partial charge on any atom is 0.317 e. The number of carboxylic acids is 1. The Morgan fingerprint density at radius 3 is 2.38 bits per heavy atom. The van der Waals surface area contributed by atoms with Crippen LogP contribution in [0, 0.1) is 0 Å². The number of sulfone groups is 1. The summed E-state index contributed by atoms with van der Waals surface area (Å²) in [6.45, 7) is 3.25. The lowest BCUT2D eigenvalue weighted by Gasteiger charge is -2.28. The van der Waals surface area contributed by atoms with Gasteiger partial charge in [-0.15, -0.1) is 0 Å². The van der Waals surface area contributed by atoms with Crippen molar-refractivity contribution < 1.29 is 23.1 Å². The molecular formula is C18H28N2O5S. The van der Waals surface area contributed by atoms with Crippen molar-refractivity contribution in [1.29, 1.82) is 0 Å². The average molecular weight is 384 g/mol. The van der Waals surface area contributed by atoms with Crippen LogP contribution in [0.15, 0.2) is 30.3 Å². The standard InChI is InChI=1S/C18H28N2O5S/c1-4-26(24,25)13-14(2)20(3)18(23)19-16(10-11-17(21)22)12-15-8-6-5-7-9-15/h5-9,14,16H,4,10-13H2,1-3H3,(H,19,23)(H,21,22). The zero-order valence-corrected chi connectivity index (χ0v) is 16.3. The van der Waals surface area contributed by atoms with Crippen LogP contribution in [-0.4, -0.2) is 61.1 Å². The van der Waals surface area contributed by atoms with E-state index in [1.165, 1.54) is 4.90 Å². The summed E-state index contributed by atoms with van der Waals surface area (Å²) in [5.41, 5.74) is 0.993. The molecule has 2 atom stereocenters. The van der Waals surface area contributed by atoms with Crippen LogP contribution >= 0.6 is 0 Å². The van der Waals surface area contributed by atoms with Crippen LogP contribution in [0.2, 0.25) is 0 Å². The number of urea groups is 1. The van der Waals surface area contributed by atoms with Crippen molar-refractivity contribution in [3.8, 4) is 0 Å². The smallest absolute Gasteiger partial charge is 0.317 e. The van der Waals surface area contributed by atoms with Gasteiger partial charge in [0, 0.05) is 31.3 Å². The number of aliphatic carboxylic acids is 1. The van der Waals surface area contributed by atoms with Gasteiger partial charge in [0.25, 0.3) is 0 Å². The summed E-state index contributed by atoms with van der Waals surface area (Å²) in [4.78, 5) is 24.7. The quantitative estimate of drug-likeness (QED) is 0.641. The van der Waals surface area contributed by atoms with Gasteiger partial charge in [0.1, 0.15) is 0 Å². The molecule has 0 saturated heterocycles. The van der Waals surface area contributed by atoms with E-state index in [4.69, 9.17) is 5.11 Å². The van der Waals surface area contributed by atoms with Crippen LogP contribution in [0.3, 0.4) is 0 Å². The number of carbonyl (C=O) groups excluding carboxylic acids is 1. The predicted molar refractivity (Wildman–Crippen MR) is 101 cm³/mol. The first-order chi connectivity index (χ1) is 12.1. The number of amides is 2. The van der Waals surface area contributed by atoms with Gasteiger partial charge in [0.2, 0.25) is 0 Å². The first-order valence-electron chi connectivity index (χ1n) is 8.64. The molecule has 26 heavy (non-hydrogen) atoms. The molecule has 2 unspecified atom stereocenters. The van der Waals surface area contributed by atoms with Crippen LogP contribution in [0.5, 0.6) is 0 Å². The molecule has 1 aromatic rings. The van der Waals surface area contributed by atoms with Crippen LogP contribution in [-0.2, 0) is 21.1 Å². The van der Waals surface area contributed by atoms with Gasteiger partial charge in [-0.1, -0.05) is 37.3 Å². The lowest BCUT2D eigenvalue weighted by molar-refractivity contribution is -0.137. The molecule has 7 nitrogen and oxygen atoms in total. The topological polar surface area (TPSA) is 104 Å². The highest BCUT2D eigenvalue weighted by Crippen LogP contribution is 2.10. The van der Waals surface area contributed by atoms with Crippen molar-refractivity contribution in [2.45, 2.75) is 45.2 Å². The summed E-state index contributed by atoms with van der Waals surface area (Å²) in [5, 5.41) is 11.8. The minimum absolute atomic E-state index is 0.0298. The van der Waals surface area contributed by atoms with E-state index in [-0.39, 0.29) is 24.0 Å². The molecule has 2 N–H and O–H groups in total. The van der Waals surface area contributed by atoms with Gasteiger partial charge in [-0.3, -0.25) is 4.79 Å². The molecule has 0 aliphatic rings. The molecule has 0 aromatic heterocycles. The fourth-order valence-corrected chi connectivity index (χ4v) is 3.69. The van der Waals surface area contributed by atoms with E-state index in [1.54, 1.807) is 20.9 Å². The van der Waals surface area contributed by atoms with Gasteiger partial charge in [-0.25, -0.2) is 13.2 Å². The maximum atomic E-state index is 12.5. The molecule has 1 rings (SSSR count). The number of carboxylic acid groups (broad SMARTS) is 1. The summed E-state index contributed by atoms with van der Waals surface area (Å²) in [5.74, 6) is -0.999. The summed E-state index contributed by atoms with van der Waals surface area (Å²) in [6, 6.07) is 8.26. The number of hydrogen-bond acceptors (Lipinski definition) is 4. The second-order valence-corrected chi connectivity index (χ2v) is 8.83. The van der Waals surface area contributed by atoms with Gasteiger partial charge in [0.05, 0.1) is 5.75 Å². The molecule has 0 aliphatic carbocycles. The van der Waals surface area contributed by atoms with Crippen molar-refractivity contribution in [3.63, 3.8) is 0 Å². The van der Waals surface area contributed by atoms with E-state index in [0.29, 0.717) is 12.8 Å². The number of benzene rings is 1. The normalized spacial score (nSPS) is 13.7. The minimum atomic E-state index is -3.20. The van der Waals surface area contributed by atoms with Gasteiger partial charge in [-0.2, -0.15) is 0 Å². The summed E-state index contributed by atoms with van der Waals surface area (Å²) < 4.78 is 23.5. The Labute approximate surface area is 155 Å². The Morgan fingerprint density at radius 1 is 1.23 bits per heavy atom. The zero-order chi connectivity index (χ0) is 19.7. The fraction of sp³-hybridized carbons (Fsp3) is 0.556. The van der Waals surface area contributed by atoms with Crippen LogP contribution < -0.4 is 5.32 Å². The summed E-state index contributed by atoms with van der Waals surface area (Å²) in [6.07, 6.45) is 0.752. The lowest BCUT2D eigenvalue weighted by Crippen LogP contribution is -2.49. The van der Waals surface area contributed by atoms with Crippen LogP contribution in [0.25, 0.3) is 0 Å². The van der Waals surface area contributed by atoms with Crippen molar-refractivity contribution in [2.24, 2.45) is 0 Å². The van der Waals surface area contributed by atoms with Crippen LogP contribution in [0.1, 0.15) is 32.3 Å². The molecule has 0 heterocycles. The number of carbonyl (C=O) groups is 2. The first-order valence-corrected chi connectivity index (χ1v) is 10.5. The largest absolute Gasteiger partial charge is 0.481 e. The maximum absolute atomic E-state index is 12.5. The number of hydrogen-bond donors (Lipinski definition) is 2. The van der Waals surface area contributed by atoms with E-state index < -0.39 is 27.9 Å². The fourth-order valence-electron chi connectivity index (χ4n) is 2.50. The van der Waals surface area contributed by atoms with E-state index >= 15 is 0 Å². The molecule has 2 amide bonds. The van der Waals surface area contributed by atoms with Crippen LogP contribution in [0.4, 0.5) is 4.79 Å². The van der Waals surface area contributed by atoms with Crippen molar-refractivity contribution in [3.05, 3.63) is 35.9 Å². The van der Waals surface area contributed by atoms with Crippen molar-refractivity contribution in [2.75, 3.05) is 18.6 Å². The van der Waals surface area contributed by atoms with Gasteiger partial charge in [-0.05, 0) is 25.3 Å². The molecule has 0 fully saturated rings. The molecule has 1 aromatic carbocycles. The Morgan fingerprint density at radius 2 is 1.85 bits per heavy atom. The number of rotatable bonds is 10. The molecular weight excluding hydrogens is 356 g/mol. The third-order valence-electron chi connectivity index (χ3n) is 4.28. The SMILES string of the molecule is CCS(=O)(=O)CC(C)N(C)C(=O)NC(CCC(=O)O)Cc1ccccc1. The molecule has 146 valence electrons. The zero-order valence-electron chi connectivity index (χ0n) is 15.5. The van der Waals surface area contributed by atoms with Gasteiger partial charge < -0.3 is 15.3 Å². The van der Waals surface area contributed by atoms with Gasteiger partial charge >= 0.3 is 12.0 Å². The number of nitrogens with one attached hydrogen (secondary N) is 1. The van der Waals surface area contributed by atoms with E-state index in [2.05, 4.69) is 5.32 Å². The van der Waals surface area contributed by atoms with Crippen molar-refractivity contribution in [1.82, 2.24) is 10.2 Å². The second-order valence-electron chi connectivity index (χ2n) is 6.43. The molecule has 0 aliphatic heterocycles. The van der Waals surface area contributed by atoms with Gasteiger partial charge in [0.15, 0.2) is 9.84 Å². The Kier molecular flexibility index (Phi) is 8.57. The highest BCUT2D eigenvalue weighted by Gasteiger charge is 2.23. The first kappa shape index (κ1) is 22.0. The second kappa shape index (κ2) is 10.2. The Bertz CT molecular complexity index is 691. The highest BCUT2D eigenvalue weighted by molar-refractivity contribution is 7.91. The average Bonchev–Trinajstić information content (AvgIpc) is 2.59. The minimum Gasteiger partial charge on any atom is -0.481 e. The van der Waals surface area contributed by atoms with E-state index in [1.807, 2.05) is 30.3 Å². The molecule has 0 radical (unpaired) electrons. The third-order valence-corrected chi connectivity index (χ3v) is 6.15. The highest BCUT2D eigenvalue weighted by atomic mass is 32.2. The monoisotopic (exact) mass is 384 g/mol. The molecule has 8 heteroatoms. The Hall–Kier alpha value is -2.09. The number of nitrogens with zero attached hydrogens (tertiary/aromatic N) is 1.